The summed E-state index contributed by atoms with van der Waals surface area (Å²) in [6, 6.07) is 0. The molecule has 0 bridgehead atoms. The van der Waals surface area contributed by atoms with Crippen molar-refractivity contribution >= 4 is 11.9 Å². The number of alkyl halides is 3. The summed E-state index contributed by atoms with van der Waals surface area (Å²) in [7, 11) is 0. The second-order valence-electron chi connectivity index (χ2n) is 5.68. The van der Waals surface area contributed by atoms with E-state index in [9.17, 15) is 22.8 Å². The molecule has 1 atom stereocenters. The topological polar surface area (TPSA) is 57.6 Å². The zero-order chi connectivity index (χ0) is 15.6. The van der Waals surface area contributed by atoms with Gasteiger partial charge in [0.2, 0.25) is 5.91 Å². The number of carbonyl (C=O) groups is 2. The molecule has 0 aromatic carbocycles. The van der Waals surface area contributed by atoms with Crippen molar-refractivity contribution in [1.29, 1.82) is 0 Å². The number of amides is 1. The summed E-state index contributed by atoms with van der Waals surface area (Å²) in [5.41, 5.74) is -1.23. The highest BCUT2D eigenvalue weighted by molar-refractivity contribution is 5.77. The minimum absolute atomic E-state index is 0.0259. The van der Waals surface area contributed by atoms with E-state index in [4.69, 9.17) is 5.11 Å². The maximum atomic E-state index is 12.9. The third kappa shape index (κ3) is 3.86. The molecule has 116 valence electrons. The molecule has 7 heteroatoms. The number of aliphatic carboxylic acids is 1. The van der Waals surface area contributed by atoms with Gasteiger partial charge in [0, 0.05) is 24.9 Å². The average Bonchev–Trinajstić information content (AvgIpc) is 2.59. The minimum Gasteiger partial charge on any atom is -0.481 e. The predicted molar refractivity (Wildman–Crippen MR) is 66.1 cm³/mol. The number of unbranched alkanes of at least 4 members (excludes halogenated alkanes) is 1. The van der Waals surface area contributed by atoms with Crippen molar-refractivity contribution in [1.82, 2.24) is 4.90 Å². The van der Waals surface area contributed by atoms with Crippen molar-refractivity contribution in [2.24, 2.45) is 5.92 Å². The van der Waals surface area contributed by atoms with Crippen molar-refractivity contribution in [3.8, 4) is 0 Å². The first-order valence-electron chi connectivity index (χ1n) is 6.65. The Hall–Kier alpha value is -1.27. The van der Waals surface area contributed by atoms with E-state index in [1.165, 1.54) is 18.7 Å². The van der Waals surface area contributed by atoms with Gasteiger partial charge in [0.1, 0.15) is 0 Å². The van der Waals surface area contributed by atoms with E-state index >= 15 is 0 Å². The lowest BCUT2D eigenvalue weighted by Crippen LogP contribution is -2.49. The van der Waals surface area contributed by atoms with Gasteiger partial charge < -0.3 is 10.0 Å². The van der Waals surface area contributed by atoms with Gasteiger partial charge in [-0.25, -0.2) is 0 Å². The van der Waals surface area contributed by atoms with Crippen molar-refractivity contribution < 1.29 is 27.9 Å². The van der Waals surface area contributed by atoms with Gasteiger partial charge in [0.15, 0.2) is 0 Å². The molecule has 1 aliphatic heterocycles. The van der Waals surface area contributed by atoms with Crippen LogP contribution in [0.3, 0.4) is 0 Å². The van der Waals surface area contributed by atoms with Crippen LogP contribution in [-0.4, -0.2) is 40.1 Å². The van der Waals surface area contributed by atoms with Gasteiger partial charge in [-0.3, -0.25) is 9.59 Å². The predicted octanol–water partition coefficient (Wildman–Crippen LogP) is 2.82. The lowest BCUT2D eigenvalue weighted by atomic mass is 9.87. The second kappa shape index (κ2) is 6.01. The molecule has 1 N–H and O–H groups in total. The summed E-state index contributed by atoms with van der Waals surface area (Å²) >= 11 is 0. The third-order valence-electron chi connectivity index (χ3n) is 3.92. The molecule has 0 aromatic rings. The van der Waals surface area contributed by atoms with E-state index in [0.29, 0.717) is 12.8 Å². The Kier molecular flexibility index (Phi) is 5.05. The number of carbonyl (C=O) groups excluding carboxylic acids is 1. The van der Waals surface area contributed by atoms with Crippen molar-refractivity contribution in [3.05, 3.63) is 0 Å². The number of nitrogens with zero attached hydrogens (tertiary/aromatic N) is 1. The van der Waals surface area contributed by atoms with Crippen molar-refractivity contribution in [2.75, 3.05) is 6.54 Å². The molecule has 20 heavy (non-hydrogen) atoms. The zero-order valence-corrected chi connectivity index (χ0v) is 11.7. The van der Waals surface area contributed by atoms with Crippen LogP contribution in [0.5, 0.6) is 0 Å². The highest BCUT2D eigenvalue weighted by Crippen LogP contribution is 2.44. The largest absolute Gasteiger partial charge is 0.481 e. The summed E-state index contributed by atoms with van der Waals surface area (Å²) in [6.07, 6.45) is -3.56. The molecule has 1 unspecified atom stereocenters. The highest BCUT2D eigenvalue weighted by atomic mass is 19.4. The lowest BCUT2D eigenvalue weighted by molar-refractivity contribution is -0.192. The van der Waals surface area contributed by atoms with Crippen LogP contribution in [0.1, 0.15) is 46.0 Å². The van der Waals surface area contributed by atoms with Gasteiger partial charge in [-0.1, -0.05) is 0 Å². The molecular weight excluding hydrogens is 275 g/mol. The molecule has 0 saturated carbocycles. The molecule has 0 aromatic heterocycles. The van der Waals surface area contributed by atoms with Crippen LogP contribution in [0.2, 0.25) is 0 Å². The fourth-order valence-electron chi connectivity index (χ4n) is 2.79. The molecule has 0 radical (unpaired) electrons. The Morgan fingerprint density at radius 2 is 1.80 bits per heavy atom. The fourth-order valence-corrected chi connectivity index (χ4v) is 2.79. The number of halogens is 3. The van der Waals surface area contributed by atoms with Crippen LogP contribution in [0.25, 0.3) is 0 Å². The summed E-state index contributed by atoms with van der Waals surface area (Å²) < 4.78 is 38.7. The number of carboxylic acids is 1. The zero-order valence-electron chi connectivity index (χ0n) is 11.7. The molecule has 1 aliphatic rings. The summed E-state index contributed by atoms with van der Waals surface area (Å²) in [5.74, 6) is -2.76. The van der Waals surface area contributed by atoms with Gasteiger partial charge in [-0.05, 0) is 33.1 Å². The monoisotopic (exact) mass is 295 g/mol. The van der Waals surface area contributed by atoms with E-state index in [0.717, 1.165) is 0 Å². The number of hydrogen-bond donors (Lipinski definition) is 1. The van der Waals surface area contributed by atoms with E-state index in [-0.39, 0.29) is 31.7 Å². The van der Waals surface area contributed by atoms with Crippen LogP contribution in [0.4, 0.5) is 13.2 Å². The molecule has 1 heterocycles. The first-order chi connectivity index (χ1) is 9.06. The summed E-state index contributed by atoms with van der Waals surface area (Å²) in [6.45, 7) is 2.98. The number of likely N-dealkylation sites (tertiary alicyclic amines) is 1. The molecule has 0 spiro atoms. The highest BCUT2D eigenvalue weighted by Gasteiger charge is 2.55. The third-order valence-corrected chi connectivity index (χ3v) is 3.92. The van der Waals surface area contributed by atoms with E-state index in [1.54, 1.807) is 0 Å². The first-order valence-corrected chi connectivity index (χ1v) is 6.65. The van der Waals surface area contributed by atoms with Gasteiger partial charge in [0.05, 0.1) is 5.92 Å². The number of rotatable bonds is 5. The van der Waals surface area contributed by atoms with Gasteiger partial charge in [-0.2, -0.15) is 13.2 Å². The first kappa shape index (κ1) is 16.8. The normalized spacial score (nSPS) is 22.1. The summed E-state index contributed by atoms with van der Waals surface area (Å²) in [4.78, 5) is 23.6. The molecule has 1 amide bonds. The Bertz CT molecular complexity index is 380. The Morgan fingerprint density at radius 3 is 2.25 bits per heavy atom. The van der Waals surface area contributed by atoms with Crippen molar-refractivity contribution in [2.45, 2.75) is 57.7 Å². The standard InChI is InChI=1S/C13H20F3NO3/c1-12(2)9(13(14,15)16)7-8-17(12)10(18)5-3-4-6-11(19)20/h9H,3-8H2,1-2H3,(H,19,20). The summed E-state index contributed by atoms with van der Waals surface area (Å²) in [5, 5.41) is 8.48. The maximum absolute atomic E-state index is 12.9. The molecule has 0 aliphatic carbocycles. The average molecular weight is 295 g/mol. The second-order valence-corrected chi connectivity index (χ2v) is 5.68. The van der Waals surface area contributed by atoms with Crippen LogP contribution in [-0.2, 0) is 9.59 Å². The van der Waals surface area contributed by atoms with Crippen LogP contribution >= 0.6 is 0 Å². The van der Waals surface area contributed by atoms with E-state index < -0.39 is 23.6 Å². The van der Waals surface area contributed by atoms with Gasteiger partial charge in [-0.15, -0.1) is 0 Å². The van der Waals surface area contributed by atoms with Crippen LogP contribution in [0, 0.1) is 5.92 Å². The fraction of sp³-hybridized carbons (Fsp3) is 0.846. The lowest BCUT2D eigenvalue weighted by Gasteiger charge is -2.36. The molecule has 1 rings (SSSR count). The van der Waals surface area contributed by atoms with E-state index in [1.807, 2.05) is 0 Å². The van der Waals surface area contributed by atoms with Gasteiger partial charge in [0.25, 0.3) is 0 Å². The molecule has 4 nitrogen and oxygen atoms in total. The SMILES string of the molecule is CC1(C)C(C(F)(F)F)CCN1C(=O)CCCCC(=O)O. The minimum atomic E-state index is -4.30. The van der Waals surface area contributed by atoms with E-state index in [2.05, 4.69) is 0 Å². The number of hydrogen-bond acceptors (Lipinski definition) is 2. The Balaban J connectivity index is 2.55. The number of carboxylic acid groups (broad SMARTS) is 1. The quantitative estimate of drug-likeness (QED) is 0.793. The van der Waals surface area contributed by atoms with Crippen LogP contribution < -0.4 is 0 Å². The maximum Gasteiger partial charge on any atom is 0.394 e. The Labute approximate surface area is 115 Å². The smallest absolute Gasteiger partial charge is 0.394 e. The molecule has 1 fully saturated rings. The van der Waals surface area contributed by atoms with Crippen LogP contribution in [0.15, 0.2) is 0 Å². The Morgan fingerprint density at radius 1 is 1.25 bits per heavy atom. The van der Waals surface area contributed by atoms with Gasteiger partial charge >= 0.3 is 12.1 Å². The molecular formula is C13H20F3NO3. The molecule has 1 saturated heterocycles. The van der Waals surface area contributed by atoms with Crippen molar-refractivity contribution in [3.63, 3.8) is 0 Å².